The highest BCUT2D eigenvalue weighted by molar-refractivity contribution is 7.93. The first-order valence-corrected chi connectivity index (χ1v) is 9.94. The molecule has 0 saturated heterocycles. The van der Waals surface area contributed by atoms with E-state index in [-0.39, 0.29) is 16.5 Å². The van der Waals surface area contributed by atoms with Crippen molar-refractivity contribution < 1.29 is 31.2 Å². The van der Waals surface area contributed by atoms with E-state index in [4.69, 9.17) is 11.6 Å². The fourth-order valence-electron chi connectivity index (χ4n) is 2.51. The highest BCUT2D eigenvalue weighted by Crippen LogP contribution is 2.34. The van der Waals surface area contributed by atoms with Crippen LogP contribution >= 0.6 is 11.6 Å². The molecular weight excluding hydrogens is 433 g/mol. The molecule has 1 amide bonds. The molecule has 2 aromatic rings. The number of nitrogens with zero attached hydrogens (tertiary/aromatic N) is 1. The molecule has 0 fully saturated rings. The van der Waals surface area contributed by atoms with E-state index in [1.807, 2.05) is 0 Å². The van der Waals surface area contributed by atoms with Gasteiger partial charge < -0.3 is 5.32 Å². The fourth-order valence-corrected chi connectivity index (χ4v) is 4.27. The van der Waals surface area contributed by atoms with Crippen LogP contribution in [0.3, 0.4) is 0 Å². The lowest BCUT2D eigenvalue weighted by atomic mass is 10.2. The third-order valence-corrected chi connectivity index (χ3v) is 6.07. The summed E-state index contributed by atoms with van der Waals surface area (Å²) in [6, 6.07) is 7.04. The molecule has 2 aromatic carbocycles. The van der Waals surface area contributed by atoms with Crippen molar-refractivity contribution in [3.05, 3.63) is 54.1 Å². The van der Waals surface area contributed by atoms with E-state index in [1.54, 1.807) is 0 Å². The van der Waals surface area contributed by atoms with Gasteiger partial charge in [0.25, 0.3) is 10.0 Å². The summed E-state index contributed by atoms with van der Waals surface area (Å²) < 4.78 is 66.0. The number of sulfonamides is 1. The number of benzene rings is 2. The smallest absolute Gasteiger partial charge is 0.326 e. The molecule has 29 heavy (non-hydrogen) atoms. The summed E-state index contributed by atoms with van der Waals surface area (Å²) in [6.45, 7) is 2.44. The van der Waals surface area contributed by atoms with Crippen molar-refractivity contribution in [3.63, 3.8) is 0 Å². The zero-order valence-corrected chi connectivity index (χ0v) is 16.8. The number of amides is 1. The monoisotopic (exact) mass is 448 g/mol. The Balaban J connectivity index is 2.58. The van der Waals surface area contributed by atoms with Crippen LogP contribution in [0.15, 0.2) is 53.4 Å². The van der Waals surface area contributed by atoms with Crippen molar-refractivity contribution in [1.82, 2.24) is 0 Å². The van der Waals surface area contributed by atoms with Crippen LogP contribution in [0.4, 0.5) is 24.5 Å². The molecule has 0 saturated carbocycles. The summed E-state index contributed by atoms with van der Waals surface area (Å²) in [4.78, 5) is 22.5. The molecule has 6 nitrogen and oxygen atoms in total. The SMILES string of the molecule is CC(=O)Nc1ccc(S(=O)(=O)N(c2cccc(C(F)(F)F)c2)C(C)C(=O)Cl)cc1. The molecule has 1 N–H and O–H groups in total. The van der Waals surface area contributed by atoms with Gasteiger partial charge in [-0.25, -0.2) is 8.42 Å². The number of halogens is 4. The lowest BCUT2D eigenvalue weighted by Gasteiger charge is -2.29. The Morgan fingerprint density at radius 1 is 1.10 bits per heavy atom. The number of alkyl halides is 3. The molecule has 0 aliphatic rings. The quantitative estimate of drug-likeness (QED) is 0.677. The minimum Gasteiger partial charge on any atom is -0.326 e. The average Bonchev–Trinajstić information content (AvgIpc) is 2.61. The van der Waals surface area contributed by atoms with Gasteiger partial charge in [0.15, 0.2) is 0 Å². The Hall–Kier alpha value is -2.59. The van der Waals surface area contributed by atoms with Crippen molar-refractivity contribution in [1.29, 1.82) is 0 Å². The Labute approximate surface area is 170 Å². The number of nitrogens with one attached hydrogen (secondary N) is 1. The van der Waals surface area contributed by atoms with Crippen molar-refractivity contribution in [2.45, 2.75) is 31.0 Å². The maximum Gasteiger partial charge on any atom is 0.416 e. The normalized spacial score (nSPS) is 12.9. The van der Waals surface area contributed by atoms with E-state index in [9.17, 15) is 31.2 Å². The summed E-state index contributed by atoms with van der Waals surface area (Å²) in [7, 11) is -4.46. The molecular formula is C18H16ClF3N2O4S. The van der Waals surface area contributed by atoms with Crippen LogP contribution < -0.4 is 9.62 Å². The predicted molar refractivity (Wildman–Crippen MR) is 102 cm³/mol. The molecule has 0 bridgehead atoms. The second-order valence-electron chi connectivity index (χ2n) is 6.03. The minimum absolute atomic E-state index is 0.297. The van der Waals surface area contributed by atoms with E-state index in [0.717, 1.165) is 30.3 Å². The Morgan fingerprint density at radius 3 is 2.17 bits per heavy atom. The summed E-state index contributed by atoms with van der Waals surface area (Å²) in [5, 5.41) is 1.39. The molecule has 156 valence electrons. The number of hydrogen-bond acceptors (Lipinski definition) is 4. The van der Waals surface area contributed by atoms with Gasteiger partial charge in [0.1, 0.15) is 6.04 Å². The van der Waals surface area contributed by atoms with E-state index >= 15 is 0 Å². The average molecular weight is 449 g/mol. The zero-order chi connectivity index (χ0) is 22.0. The van der Waals surface area contributed by atoms with Gasteiger partial charge in [0, 0.05) is 12.6 Å². The van der Waals surface area contributed by atoms with Crippen LogP contribution in [-0.2, 0) is 25.8 Å². The molecule has 0 aliphatic carbocycles. The summed E-state index contributed by atoms with van der Waals surface area (Å²) in [5.74, 6) is -0.368. The third kappa shape index (κ3) is 5.27. The van der Waals surface area contributed by atoms with Gasteiger partial charge in [-0.05, 0) is 61.0 Å². The zero-order valence-electron chi connectivity index (χ0n) is 15.2. The van der Waals surface area contributed by atoms with Gasteiger partial charge in [-0.3, -0.25) is 13.9 Å². The van der Waals surface area contributed by atoms with E-state index in [2.05, 4.69) is 5.32 Å². The number of hydrogen-bond donors (Lipinski definition) is 1. The first-order chi connectivity index (χ1) is 13.3. The third-order valence-electron chi connectivity index (χ3n) is 3.84. The Kier molecular flexibility index (Phi) is 6.59. The van der Waals surface area contributed by atoms with Crippen molar-refractivity contribution in [3.8, 4) is 0 Å². The molecule has 0 radical (unpaired) electrons. The first kappa shape index (κ1) is 22.7. The predicted octanol–water partition coefficient (Wildman–Crippen LogP) is 4.01. The van der Waals surface area contributed by atoms with Crippen molar-refractivity contribution >= 4 is 44.1 Å². The van der Waals surface area contributed by atoms with Gasteiger partial charge in [0.05, 0.1) is 16.1 Å². The van der Waals surface area contributed by atoms with Gasteiger partial charge in [-0.1, -0.05) is 6.07 Å². The molecule has 2 rings (SSSR count). The number of carbonyl (C=O) groups is 2. The molecule has 1 atom stereocenters. The van der Waals surface area contributed by atoms with Gasteiger partial charge in [0.2, 0.25) is 11.1 Å². The highest BCUT2D eigenvalue weighted by atomic mass is 35.5. The van der Waals surface area contributed by atoms with Crippen LogP contribution in [0, 0.1) is 0 Å². The molecule has 11 heteroatoms. The summed E-state index contributed by atoms with van der Waals surface area (Å²) in [6.07, 6.45) is -4.71. The minimum atomic E-state index is -4.71. The Bertz CT molecular complexity index is 1020. The van der Waals surface area contributed by atoms with Gasteiger partial charge >= 0.3 is 6.18 Å². The van der Waals surface area contributed by atoms with Crippen LogP contribution in [-0.4, -0.2) is 25.6 Å². The van der Waals surface area contributed by atoms with Crippen molar-refractivity contribution in [2.75, 3.05) is 9.62 Å². The van der Waals surface area contributed by atoms with E-state index < -0.39 is 33.0 Å². The topological polar surface area (TPSA) is 83.6 Å². The van der Waals surface area contributed by atoms with E-state index in [0.29, 0.717) is 16.1 Å². The molecule has 1 unspecified atom stereocenters. The first-order valence-electron chi connectivity index (χ1n) is 8.12. The molecule has 0 heterocycles. The summed E-state index contributed by atoms with van der Waals surface area (Å²) >= 11 is 5.46. The van der Waals surface area contributed by atoms with Gasteiger partial charge in [-0.2, -0.15) is 13.2 Å². The lowest BCUT2D eigenvalue weighted by Crippen LogP contribution is -2.42. The standard InChI is InChI=1S/C18H16ClF3N2O4S/c1-11(17(19)26)24(15-5-3-4-13(10-15)18(20,21)22)29(27,28)16-8-6-14(7-9-16)23-12(2)25/h3-11H,1-2H3,(H,23,25). The lowest BCUT2D eigenvalue weighted by molar-refractivity contribution is -0.137. The van der Waals surface area contributed by atoms with Crippen LogP contribution in [0.1, 0.15) is 19.4 Å². The van der Waals surface area contributed by atoms with E-state index in [1.165, 1.54) is 26.0 Å². The second-order valence-corrected chi connectivity index (χ2v) is 8.22. The van der Waals surface area contributed by atoms with Crippen LogP contribution in [0.5, 0.6) is 0 Å². The largest absolute Gasteiger partial charge is 0.416 e. The number of rotatable bonds is 6. The van der Waals surface area contributed by atoms with Crippen LogP contribution in [0.2, 0.25) is 0 Å². The number of carbonyl (C=O) groups excluding carboxylic acids is 2. The highest BCUT2D eigenvalue weighted by Gasteiger charge is 2.35. The van der Waals surface area contributed by atoms with Gasteiger partial charge in [-0.15, -0.1) is 0 Å². The van der Waals surface area contributed by atoms with Crippen molar-refractivity contribution in [2.24, 2.45) is 0 Å². The maximum atomic E-state index is 13.1. The summed E-state index contributed by atoms with van der Waals surface area (Å²) in [5.41, 5.74) is -1.12. The number of anilines is 2. The molecule has 0 aliphatic heterocycles. The van der Waals surface area contributed by atoms with Crippen LogP contribution in [0.25, 0.3) is 0 Å². The second kappa shape index (κ2) is 8.42. The molecule has 0 spiro atoms. The maximum absolute atomic E-state index is 13.1. The molecule has 0 aromatic heterocycles. The Morgan fingerprint density at radius 2 is 1.69 bits per heavy atom. The fraction of sp³-hybridized carbons (Fsp3) is 0.222.